The molecule has 3 rings (SSSR count). The van der Waals surface area contributed by atoms with Gasteiger partial charge in [0, 0.05) is 5.33 Å². The van der Waals surface area contributed by atoms with E-state index in [-0.39, 0.29) is 17.5 Å². The van der Waals surface area contributed by atoms with E-state index in [0.717, 1.165) is 12.1 Å². The normalized spacial score (nSPS) is 14.5. The van der Waals surface area contributed by atoms with Crippen molar-refractivity contribution in [3.05, 3.63) is 59.2 Å². The number of halogens is 6. The third-order valence-electron chi connectivity index (χ3n) is 4.95. The molecule has 2 nitrogen and oxygen atoms in total. The first kappa shape index (κ1) is 20.8. The smallest absolute Gasteiger partial charge is 0.346 e. The van der Waals surface area contributed by atoms with Crippen LogP contribution in [0.5, 0.6) is 0 Å². The van der Waals surface area contributed by atoms with Gasteiger partial charge in [0.15, 0.2) is 0 Å². The molecule has 8 heteroatoms. The van der Waals surface area contributed by atoms with Crippen LogP contribution in [0, 0.1) is 11.6 Å². The van der Waals surface area contributed by atoms with Crippen LogP contribution in [0.1, 0.15) is 30.4 Å². The Morgan fingerprint density at radius 1 is 0.964 bits per heavy atom. The molecule has 0 fully saturated rings. The summed E-state index contributed by atoms with van der Waals surface area (Å²) in [5.41, 5.74) is 0.00180. The lowest BCUT2D eigenvalue weighted by Gasteiger charge is -2.31. The van der Waals surface area contributed by atoms with Gasteiger partial charge in [-0.05, 0) is 59.4 Å². The maximum atomic E-state index is 14.0. The highest BCUT2D eigenvalue weighted by Gasteiger charge is 2.49. The first-order valence-electron chi connectivity index (χ1n) is 8.70. The van der Waals surface area contributed by atoms with Crippen LogP contribution in [0.15, 0.2) is 36.4 Å². The van der Waals surface area contributed by atoms with Crippen molar-refractivity contribution in [3.63, 3.8) is 0 Å². The number of benzene rings is 2. The highest BCUT2D eigenvalue weighted by Crippen LogP contribution is 2.52. The van der Waals surface area contributed by atoms with E-state index in [1.54, 1.807) is 0 Å². The monoisotopic (exact) mass is 461 g/mol. The number of unbranched alkanes of at least 4 members (excludes halogenated alkanes) is 1. The predicted octanol–water partition coefficient (Wildman–Crippen LogP) is 5.48. The molecule has 0 unspecified atom stereocenters. The van der Waals surface area contributed by atoms with Gasteiger partial charge in [0.25, 0.3) is 0 Å². The highest BCUT2D eigenvalue weighted by molar-refractivity contribution is 9.09. The third kappa shape index (κ3) is 3.79. The van der Waals surface area contributed by atoms with Gasteiger partial charge >= 0.3 is 6.18 Å². The Kier molecular flexibility index (Phi) is 5.79. The second kappa shape index (κ2) is 7.81. The molecule has 0 bridgehead atoms. The van der Waals surface area contributed by atoms with Gasteiger partial charge in [-0.1, -0.05) is 34.5 Å². The fraction of sp³-hybridized carbons (Fsp3) is 0.350. The fourth-order valence-corrected chi connectivity index (χ4v) is 4.19. The number of hydrogen-bond donors (Lipinski definition) is 1. The van der Waals surface area contributed by atoms with Crippen LogP contribution < -0.4 is 5.32 Å². The molecule has 1 aliphatic carbocycles. The van der Waals surface area contributed by atoms with Crippen molar-refractivity contribution in [2.45, 2.75) is 30.9 Å². The van der Waals surface area contributed by atoms with E-state index in [1.165, 1.54) is 24.3 Å². The maximum Gasteiger partial charge on any atom is 0.405 e. The largest absolute Gasteiger partial charge is 0.405 e. The van der Waals surface area contributed by atoms with Crippen LogP contribution in [-0.2, 0) is 10.2 Å². The number of amides is 1. The molecular formula is C20H17BrF5NO. The average Bonchev–Trinajstić information content (AvgIpc) is 2.89. The van der Waals surface area contributed by atoms with Gasteiger partial charge in [0.1, 0.15) is 23.6 Å². The second-order valence-electron chi connectivity index (χ2n) is 6.73. The first-order chi connectivity index (χ1) is 13.2. The fourth-order valence-electron chi connectivity index (χ4n) is 3.80. The Bertz CT molecular complexity index is 845. The molecule has 0 saturated carbocycles. The number of fused-ring (bicyclic) bond motifs is 3. The molecular weight excluding hydrogens is 445 g/mol. The van der Waals surface area contributed by atoms with E-state index in [1.807, 2.05) is 5.32 Å². The lowest BCUT2D eigenvalue weighted by molar-refractivity contribution is -0.141. The molecule has 1 aliphatic rings. The van der Waals surface area contributed by atoms with Gasteiger partial charge in [-0.2, -0.15) is 13.2 Å². The number of nitrogens with one attached hydrogen (secondary N) is 1. The van der Waals surface area contributed by atoms with Crippen LogP contribution in [0.2, 0.25) is 0 Å². The predicted molar refractivity (Wildman–Crippen MR) is 99.3 cm³/mol. The van der Waals surface area contributed by atoms with Gasteiger partial charge in [-0.25, -0.2) is 8.78 Å². The third-order valence-corrected chi connectivity index (χ3v) is 5.51. The summed E-state index contributed by atoms with van der Waals surface area (Å²) in [4.78, 5) is 13.1. The van der Waals surface area contributed by atoms with Crippen LogP contribution in [0.25, 0.3) is 11.1 Å². The molecule has 0 aromatic heterocycles. The van der Waals surface area contributed by atoms with Crippen molar-refractivity contribution in [2.75, 3.05) is 11.9 Å². The molecule has 150 valence electrons. The van der Waals surface area contributed by atoms with E-state index < -0.39 is 35.7 Å². The van der Waals surface area contributed by atoms with Gasteiger partial charge < -0.3 is 5.32 Å². The summed E-state index contributed by atoms with van der Waals surface area (Å²) in [5, 5.41) is 2.57. The summed E-state index contributed by atoms with van der Waals surface area (Å²) >= 11 is 3.29. The molecule has 0 aliphatic heterocycles. The number of carbonyl (C=O) groups excluding carboxylic acids is 1. The lowest BCUT2D eigenvalue weighted by atomic mass is 9.73. The molecule has 0 spiro atoms. The van der Waals surface area contributed by atoms with Crippen LogP contribution in [0.4, 0.5) is 22.0 Å². The second-order valence-corrected chi connectivity index (χ2v) is 7.52. The number of carbonyl (C=O) groups is 1. The molecule has 28 heavy (non-hydrogen) atoms. The molecule has 0 heterocycles. The Morgan fingerprint density at radius 3 is 1.96 bits per heavy atom. The van der Waals surface area contributed by atoms with E-state index in [2.05, 4.69) is 15.9 Å². The molecule has 1 N–H and O–H groups in total. The van der Waals surface area contributed by atoms with E-state index in [0.29, 0.717) is 29.3 Å². The van der Waals surface area contributed by atoms with Crippen molar-refractivity contribution in [3.8, 4) is 11.1 Å². The molecule has 2 aromatic rings. The summed E-state index contributed by atoms with van der Waals surface area (Å²) in [6.07, 6.45) is -3.32. The Labute approximate surface area is 167 Å². The van der Waals surface area contributed by atoms with Gasteiger partial charge in [-0.15, -0.1) is 0 Å². The minimum Gasteiger partial charge on any atom is -0.346 e. The average molecular weight is 462 g/mol. The first-order valence-corrected chi connectivity index (χ1v) is 9.82. The Hall–Kier alpha value is -1.96. The standard InChI is InChI=1S/C20H17BrF5NO/c21-8-2-1-7-19(18(28)27-11-20(24,25)26)16-9-12(22)3-5-14(16)15-6-4-13(23)10-17(15)19/h3-6,9-10H,1-2,7-8,11H2,(H,27,28). The topological polar surface area (TPSA) is 29.1 Å². The summed E-state index contributed by atoms with van der Waals surface area (Å²) in [6, 6.07) is 7.71. The van der Waals surface area contributed by atoms with Crippen molar-refractivity contribution in [1.82, 2.24) is 5.32 Å². The van der Waals surface area contributed by atoms with Crippen molar-refractivity contribution in [1.29, 1.82) is 0 Å². The maximum absolute atomic E-state index is 14.0. The molecule has 0 atom stereocenters. The Morgan fingerprint density at radius 2 is 1.50 bits per heavy atom. The summed E-state index contributed by atoms with van der Waals surface area (Å²) < 4.78 is 66.2. The van der Waals surface area contributed by atoms with Gasteiger partial charge in [0.2, 0.25) is 5.91 Å². The zero-order chi connectivity index (χ0) is 20.5. The van der Waals surface area contributed by atoms with E-state index in [9.17, 15) is 26.7 Å². The summed E-state index contributed by atoms with van der Waals surface area (Å²) in [5.74, 6) is -2.13. The van der Waals surface area contributed by atoms with Gasteiger partial charge in [-0.3, -0.25) is 4.79 Å². The van der Waals surface area contributed by atoms with Crippen molar-refractivity contribution < 1.29 is 26.7 Å². The van der Waals surface area contributed by atoms with E-state index >= 15 is 0 Å². The minimum absolute atomic E-state index is 0.134. The zero-order valence-electron chi connectivity index (χ0n) is 14.7. The molecule has 0 saturated heterocycles. The number of rotatable bonds is 6. The van der Waals surface area contributed by atoms with E-state index in [4.69, 9.17) is 0 Å². The zero-order valence-corrected chi connectivity index (χ0v) is 16.3. The summed E-state index contributed by atoms with van der Waals surface area (Å²) in [6.45, 7) is -1.51. The molecule has 2 aromatic carbocycles. The summed E-state index contributed by atoms with van der Waals surface area (Å²) in [7, 11) is 0. The number of hydrogen-bond acceptors (Lipinski definition) is 1. The Balaban J connectivity index is 2.18. The van der Waals surface area contributed by atoms with Crippen LogP contribution in [0.3, 0.4) is 0 Å². The molecule has 1 amide bonds. The molecule has 0 radical (unpaired) electrons. The quantitative estimate of drug-likeness (QED) is 0.344. The van der Waals surface area contributed by atoms with Crippen molar-refractivity contribution >= 4 is 21.8 Å². The van der Waals surface area contributed by atoms with Crippen LogP contribution in [-0.4, -0.2) is 24.0 Å². The minimum atomic E-state index is -4.60. The lowest BCUT2D eigenvalue weighted by Crippen LogP contribution is -2.47. The number of alkyl halides is 4. The SMILES string of the molecule is O=C(NCC(F)(F)F)C1(CCCCBr)c2cc(F)ccc2-c2ccc(F)cc21. The van der Waals surface area contributed by atoms with Gasteiger partial charge in [0.05, 0.1) is 0 Å². The van der Waals surface area contributed by atoms with Crippen LogP contribution >= 0.6 is 15.9 Å². The highest BCUT2D eigenvalue weighted by atomic mass is 79.9. The van der Waals surface area contributed by atoms with Crippen molar-refractivity contribution in [2.24, 2.45) is 0 Å².